The lowest BCUT2D eigenvalue weighted by atomic mass is 9.80. The number of piperazine rings is 1. The molecule has 0 unspecified atom stereocenters. The smallest absolute Gasteiger partial charge is 0.132 e. The fourth-order valence-electron chi connectivity index (χ4n) is 3.96. The first kappa shape index (κ1) is 16.2. The molecule has 0 amide bonds. The van der Waals surface area contributed by atoms with Crippen LogP contribution in [-0.2, 0) is 0 Å². The molecule has 1 aromatic carbocycles. The zero-order chi connectivity index (χ0) is 15.5. The highest BCUT2D eigenvalue weighted by atomic mass is 35.5. The van der Waals surface area contributed by atoms with Crippen molar-refractivity contribution in [3.8, 4) is 0 Å². The van der Waals surface area contributed by atoms with E-state index in [1.54, 1.807) is 0 Å². The van der Waals surface area contributed by atoms with E-state index >= 15 is 0 Å². The standard InChI is InChI=1S/C17H23ClF2N2/c18-13-10-14(19)16(15(20)11-13)17(12-4-2-1-3-5-12)22-8-6-21-7-9-22/h10-12,17,21H,1-9H2/t17-/m0/s1. The zero-order valence-electron chi connectivity index (χ0n) is 12.8. The SMILES string of the molecule is Fc1cc(Cl)cc(F)c1[C@H](C1CCCCC1)N1CCNCC1. The Labute approximate surface area is 135 Å². The Morgan fingerprint density at radius 3 is 2.23 bits per heavy atom. The highest BCUT2D eigenvalue weighted by molar-refractivity contribution is 6.30. The Morgan fingerprint density at radius 1 is 1.05 bits per heavy atom. The summed E-state index contributed by atoms with van der Waals surface area (Å²) >= 11 is 5.79. The zero-order valence-corrected chi connectivity index (χ0v) is 13.5. The van der Waals surface area contributed by atoms with Crippen LogP contribution in [0.2, 0.25) is 5.02 Å². The van der Waals surface area contributed by atoms with Crippen LogP contribution >= 0.6 is 11.6 Å². The molecule has 1 aliphatic carbocycles. The second-order valence-electron chi connectivity index (χ2n) is 6.41. The molecule has 1 aliphatic heterocycles. The van der Waals surface area contributed by atoms with Crippen LogP contribution < -0.4 is 5.32 Å². The monoisotopic (exact) mass is 328 g/mol. The lowest BCUT2D eigenvalue weighted by Gasteiger charge is -2.41. The van der Waals surface area contributed by atoms with Crippen molar-refractivity contribution in [2.24, 2.45) is 5.92 Å². The third-order valence-electron chi connectivity index (χ3n) is 4.98. The molecule has 1 atom stereocenters. The second kappa shape index (κ2) is 7.24. The van der Waals surface area contributed by atoms with Crippen LogP contribution in [0, 0.1) is 17.6 Å². The van der Waals surface area contributed by atoms with E-state index in [0.29, 0.717) is 5.92 Å². The van der Waals surface area contributed by atoms with Gasteiger partial charge in [-0.1, -0.05) is 30.9 Å². The predicted octanol–water partition coefficient (Wildman–Crippen LogP) is 4.14. The van der Waals surface area contributed by atoms with E-state index < -0.39 is 11.6 Å². The Kier molecular flexibility index (Phi) is 5.32. The number of hydrogen-bond acceptors (Lipinski definition) is 2. The van der Waals surface area contributed by atoms with Crippen molar-refractivity contribution in [3.63, 3.8) is 0 Å². The van der Waals surface area contributed by atoms with Crippen molar-refractivity contribution in [2.45, 2.75) is 38.1 Å². The molecule has 5 heteroatoms. The van der Waals surface area contributed by atoms with Crippen LogP contribution in [0.4, 0.5) is 8.78 Å². The molecule has 0 aromatic heterocycles. The maximum Gasteiger partial charge on any atom is 0.132 e. The number of nitrogens with one attached hydrogen (secondary N) is 1. The Hall–Kier alpha value is -0.710. The van der Waals surface area contributed by atoms with Crippen LogP contribution in [0.15, 0.2) is 12.1 Å². The van der Waals surface area contributed by atoms with E-state index in [1.807, 2.05) is 0 Å². The highest BCUT2D eigenvalue weighted by Gasteiger charge is 2.34. The average molecular weight is 329 g/mol. The fraction of sp³-hybridized carbons (Fsp3) is 0.647. The normalized spacial score (nSPS) is 22.7. The highest BCUT2D eigenvalue weighted by Crippen LogP contribution is 2.41. The number of nitrogens with zero attached hydrogens (tertiary/aromatic N) is 1. The molecule has 1 saturated carbocycles. The van der Waals surface area contributed by atoms with Gasteiger partial charge in [0.25, 0.3) is 0 Å². The molecule has 2 aliphatic rings. The van der Waals surface area contributed by atoms with Gasteiger partial charge < -0.3 is 5.32 Å². The van der Waals surface area contributed by atoms with Crippen molar-refractivity contribution in [3.05, 3.63) is 34.4 Å². The Bertz CT molecular complexity index is 470. The lowest BCUT2D eigenvalue weighted by molar-refractivity contribution is 0.0976. The maximum atomic E-state index is 14.5. The molecule has 2 nitrogen and oxygen atoms in total. The number of halogens is 3. The predicted molar refractivity (Wildman–Crippen MR) is 85.1 cm³/mol. The summed E-state index contributed by atoms with van der Waals surface area (Å²) in [5, 5.41) is 3.44. The minimum absolute atomic E-state index is 0.126. The van der Waals surface area contributed by atoms with Gasteiger partial charge in [-0.3, -0.25) is 4.90 Å². The summed E-state index contributed by atoms with van der Waals surface area (Å²) in [5.74, 6) is -0.671. The molecule has 1 N–H and O–H groups in total. The molecule has 0 radical (unpaired) electrons. The average Bonchev–Trinajstić information content (AvgIpc) is 2.52. The molecule has 2 fully saturated rings. The van der Waals surface area contributed by atoms with Gasteiger partial charge in [-0.25, -0.2) is 8.78 Å². The van der Waals surface area contributed by atoms with Gasteiger partial charge in [0.05, 0.1) is 0 Å². The quantitative estimate of drug-likeness (QED) is 0.897. The molecule has 1 saturated heterocycles. The largest absolute Gasteiger partial charge is 0.314 e. The summed E-state index contributed by atoms with van der Waals surface area (Å²) in [7, 11) is 0. The fourth-order valence-corrected chi connectivity index (χ4v) is 4.15. The maximum absolute atomic E-state index is 14.5. The summed E-state index contributed by atoms with van der Waals surface area (Å²) in [6, 6.07) is 2.33. The van der Waals surface area contributed by atoms with E-state index in [2.05, 4.69) is 10.2 Å². The van der Waals surface area contributed by atoms with Crippen molar-refractivity contribution >= 4 is 11.6 Å². The first-order valence-corrected chi connectivity index (χ1v) is 8.64. The van der Waals surface area contributed by atoms with Crippen LogP contribution in [0.25, 0.3) is 0 Å². The lowest BCUT2D eigenvalue weighted by Crippen LogP contribution is -2.47. The number of benzene rings is 1. The van der Waals surface area contributed by atoms with Crippen molar-refractivity contribution in [2.75, 3.05) is 26.2 Å². The molecular weight excluding hydrogens is 306 g/mol. The van der Waals surface area contributed by atoms with Gasteiger partial charge in [0.2, 0.25) is 0 Å². The van der Waals surface area contributed by atoms with Crippen LogP contribution in [0.5, 0.6) is 0 Å². The summed E-state index contributed by atoms with van der Waals surface area (Å²) < 4.78 is 29.0. The van der Waals surface area contributed by atoms with E-state index in [9.17, 15) is 8.78 Å². The van der Waals surface area contributed by atoms with Gasteiger partial charge in [-0.2, -0.15) is 0 Å². The summed E-state index contributed by atoms with van der Waals surface area (Å²) in [6.07, 6.45) is 5.65. The van der Waals surface area contributed by atoms with E-state index in [1.165, 1.54) is 18.6 Å². The van der Waals surface area contributed by atoms with Gasteiger partial charge in [-0.05, 0) is 30.9 Å². The van der Waals surface area contributed by atoms with E-state index in [0.717, 1.165) is 51.9 Å². The van der Waals surface area contributed by atoms with Gasteiger partial charge >= 0.3 is 0 Å². The van der Waals surface area contributed by atoms with Crippen LogP contribution in [-0.4, -0.2) is 31.1 Å². The van der Waals surface area contributed by atoms with Gasteiger partial charge in [-0.15, -0.1) is 0 Å². The molecule has 0 bridgehead atoms. The number of rotatable bonds is 3. The molecular formula is C17H23ClF2N2. The van der Waals surface area contributed by atoms with Crippen molar-refractivity contribution < 1.29 is 8.78 Å². The van der Waals surface area contributed by atoms with E-state index in [-0.39, 0.29) is 16.6 Å². The van der Waals surface area contributed by atoms with Crippen molar-refractivity contribution in [1.82, 2.24) is 10.2 Å². The topological polar surface area (TPSA) is 15.3 Å². The first-order chi connectivity index (χ1) is 10.7. The summed E-state index contributed by atoms with van der Waals surface area (Å²) in [6.45, 7) is 3.42. The molecule has 22 heavy (non-hydrogen) atoms. The minimum Gasteiger partial charge on any atom is -0.314 e. The second-order valence-corrected chi connectivity index (χ2v) is 6.85. The van der Waals surface area contributed by atoms with Crippen LogP contribution in [0.3, 0.4) is 0 Å². The molecule has 1 aromatic rings. The molecule has 122 valence electrons. The third-order valence-corrected chi connectivity index (χ3v) is 5.20. The van der Waals surface area contributed by atoms with E-state index in [4.69, 9.17) is 11.6 Å². The summed E-state index contributed by atoms with van der Waals surface area (Å²) in [5.41, 5.74) is 0.221. The number of hydrogen-bond donors (Lipinski definition) is 1. The molecule has 3 rings (SSSR count). The van der Waals surface area contributed by atoms with Crippen LogP contribution in [0.1, 0.15) is 43.7 Å². The Morgan fingerprint density at radius 2 is 1.64 bits per heavy atom. The third kappa shape index (κ3) is 3.44. The Balaban J connectivity index is 1.96. The molecule has 1 heterocycles. The van der Waals surface area contributed by atoms with Gasteiger partial charge in [0.15, 0.2) is 0 Å². The summed E-state index contributed by atoms with van der Waals surface area (Å²) in [4.78, 5) is 2.25. The van der Waals surface area contributed by atoms with Gasteiger partial charge in [0.1, 0.15) is 11.6 Å². The molecule has 0 spiro atoms. The van der Waals surface area contributed by atoms with Crippen molar-refractivity contribution in [1.29, 1.82) is 0 Å². The minimum atomic E-state index is -0.501. The first-order valence-electron chi connectivity index (χ1n) is 8.26. The van der Waals surface area contributed by atoms with Gasteiger partial charge in [0, 0.05) is 42.8 Å².